The highest BCUT2D eigenvalue weighted by molar-refractivity contribution is 4.64. The molecule has 0 rings (SSSR count). The van der Waals surface area contributed by atoms with E-state index in [1.54, 1.807) is 7.11 Å². The predicted molar refractivity (Wildman–Crippen MR) is 39.1 cm³/mol. The molecule has 0 heterocycles. The van der Waals surface area contributed by atoms with Gasteiger partial charge in [-0.05, 0) is 11.8 Å². The van der Waals surface area contributed by atoms with Crippen LogP contribution in [-0.2, 0) is 4.74 Å². The minimum Gasteiger partial charge on any atom is -0.367 e. The van der Waals surface area contributed by atoms with Crippen LogP contribution < -0.4 is 5.73 Å². The van der Waals surface area contributed by atoms with Crippen molar-refractivity contribution in [2.75, 3.05) is 7.11 Å². The van der Waals surface area contributed by atoms with E-state index in [1.807, 2.05) is 0 Å². The molecular formula is C7H17NO. The van der Waals surface area contributed by atoms with E-state index in [2.05, 4.69) is 20.8 Å². The Bertz CT molecular complexity index is 75.5. The van der Waals surface area contributed by atoms with Crippen LogP contribution in [0.4, 0.5) is 0 Å². The maximum Gasteiger partial charge on any atom is 0.105 e. The lowest BCUT2D eigenvalue weighted by Crippen LogP contribution is -2.27. The molecule has 0 aromatic rings. The number of methoxy groups -OCH3 is 1. The second-order valence-corrected chi connectivity index (χ2v) is 3.54. The molecule has 0 radical (unpaired) electrons. The molecule has 0 aromatic heterocycles. The zero-order chi connectivity index (χ0) is 7.49. The van der Waals surface area contributed by atoms with Gasteiger partial charge in [-0.3, -0.25) is 0 Å². The number of ether oxygens (including phenoxy) is 1. The van der Waals surface area contributed by atoms with Crippen LogP contribution in [0.1, 0.15) is 27.2 Å². The Morgan fingerprint density at radius 2 is 1.89 bits per heavy atom. The Morgan fingerprint density at radius 1 is 1.44 bits per heavy atom. The van der Waals surface area contributed by atoms with Crippen molar-refractivity contribution in [3.05, 3.63) is 0 Å². The van der Waals surface area contributed by atoms with Gasteiger partial charge in [0.15, 0.2) is 0 Å². The van der Waals surface area contributed by atoms with Crippen LogP contribution >= 0.6 is 0 Å². The standard InChI is InChI=1S/C7H17NO/c1-7(2,3)5-6(8)9-4/h6H,5,8H2,1-4H3. The van der Waals surface area contributed by atoms with E-state index in [9.17, 15) is 0 Å². The van der Waals surface area contributed by atoms with E-state index in [1.165, 1.54) is 0 Å². The second kappa shape index (κ2) is 3.18. The lowest BCUT2D eigenvalue weighted by molar-refractivity contribution is 0.0715. The molecule has 0 bridgehead atoms. The van der Waals surface area contributed by atoms with Crippen molar-refractivity contribution < 1.29 is 4.74 Å². The third-order valence-electron chi connectivity index (χ3n) is 1.12. The van der Waals surface area contributed by atoms with Gasteiger partial charge in [0.05, 0.1) is 0 Å². The molecule has 1 unspecified atom stereocenters. The van der Waals surface area contributed by atoms with Crippen LogP contribution in [0.5, 0.6) is 0 Å². The van der Waals surface area contributed by atoms with Crippen molar-refractivity contribution >= 4 is 0 Å². The molecule has 2 nitrogen and oxygen atoms in total. The summed E-state index contributed by atoms with van der Waals surface area (Å²) in [5, 5.41) is 0. The number of nitrogens with two attached hydrogens (primary N) is 1. The molecule has 0 saturated heterocycles. The Morgan fingerprint density at radius 3 is 2.00 bits per heavy atom. The average molecular weight is 131 g/mol. The molecule has 0 fully saturated rings. The summed E-state index contributed by atoms with van der Waals surface area (Å²) in [4.78, 5) is 0. The lowest BCUT2D eigenvalue weighted by atomic mass is 9.92. The number of rotatable bonds is 2. The summed E-state index contributed by atoms with van der Waals surface area (Å²) in [6, 6.07) is 0. The zero-order valence-corrected chi connectivity index (χ0v) is 6.77. The molecule has 0 amide bonds. The van der Waals surface area contributed by atoms with Crippen molar-refractivity contribution in [1.29, 1.82) is 0 Å². The minimum absolute atomic E-state index is 0.106. The van der Waals surface area contributed by atoms with Gasteiger partial charge in [0, 0.05) is 7.11 Å². The van der Waals surface area contributed by atoms with Crippen LogP contribution in [0.2, 0.25) is 0 Å². The fraction of sp³-hybridized carbons (Fsp3) is 1.00. The van der Waals surface area contributed by atoms with Gasteiger partial charge in [0.1, 0.15) is 6.23 Å². The van der Waals surface area contributed by atoms with Crippen LogP contribution in [0, 0.1) is 5.41 Å². The topological polar surface area (TPSA) is 35.2 Å². The van der Waals surface area contributed by atoms with Gasteiger partial charge in [0.2, 0.25) is 0 Å². The van der Waals surface area contributed by atoms with Crippen molar-refractivity contribution in [1.82, 2.24) is 0 Å². The molecule has 0 aliphatic heterocycles. The SMILES string of the molecule is COC(N)CC(C)(C)C. The van der Waals surface area contributed by atoms with Crippen LogP contribution in [0.25, 0.3) is 0 Å². The molecule has 0 saturated carbocycles. The Labute approximate surface area is 57.4 Å². The fourth-order valence-electron chi connectivity index (χ4n) is 0.687. The third kappa shape index (κ3) is 5.80. The summed E-state index contributed by atoms with van der Waals surface area (Å²) in [6.07, 6.45) is 0.800. The van der Waals surface area contributed by atoms with Crippen molar-refractivity contribution in [2.45, 2.75) is 33.4 Å². The molecule has 1 atom stereocenters. The first kappa shape index (κ1) is 8.92. The van der Waals surface area contributed by atoms with Crippen LogP contribution in [0.15, 0.2) is 0 Å². The highest BCUT2D eigenvalue weighted by Gasteiger charge is 2.14. The Kier molecular flexibility index (Phi) is 3.15. The number of hydrogen-bond donors (Lipinski definition) is 1. The molecule has 0 aliphatic rings. The smallest absolute Gasteiger partial charge is 0.105 e. The molecule has 0 aromatic carbocycles. The second-order valence-electron chi connectivity index (χ2n) is 3.54. The highest BCUT2D eigenvalue weighted by atomic mass is 16.5. The maximum atomic E-state index is 5.54. The van der Waals surface area contributed by atoms with Gasteiger partial charge in [-0.15, -0.1) is 0 Å². The van der Waals surface area contributed by atoms with Gasteiger partial charge in [-0.25, -0.2) is 0 Å². The van der Waals surface area contributed by atoms with Gasteiger partial charge < -0.3 is 10.5 Å². The summed E-state index contributed by atoms with van der Waals surface area (Å²) in [5.41, 5.74) is 5.81. The summed E-state index contributed by atoms with van der Waals surface area (Å²) in [7, 11) is 1.64. The summed E-state index contributed by atoms with van der Waals surface area (Å²) < 4.78 is 4.90. The van der Waals surface area contributed by atoms with Gasteiger partial charge in [-0.2, -0.15) is 0 Å². The third-order valence-corrected chi connectivity index (χ3v) is 1.12. The quantitative estimate of drug-likeness (QED) is 0.574. The first-order chi connectivity index (χ1) is 3.95. The predicted octanol–water partition coefficient (Wildman–Crippen LogP) is 1.35. The molecular weight excluding hydrogens is 114 g/mol. The normalized spacial score (nSPS) is 15.7. The van der Waals surface area contributed by atoms with E-state index in [0.717, 1.165) is 6.42 Å². The number of hydrogen-bond acceptors (Lipinski definition) is 2. The van der Waals surface area contributed by atoms with Crippen LogP contribution in [-0.4, -0.2) is 13.3 Å². The fourth-order valence-corrected chi connectivity index (χ4v) is 0.687. The van der Waals surface area contributed by atoms with Gasteiger partial charge in [-0.1, -0.05) is 20.8 Å². The lowest BCUT2D eigenvalue weighted by Gasteiger charge is -2.21. The van der Waals surface area contributed by atoms with Crippen molar-refractivity contribution in [3.63, 3.8) is 0 Å². The monoisotopic (exact) mass is 131 g/mol. The average Bonchev–Trinajstić information content (AvgIpc) is 1.62. The molecule has 0 aliphatic carbocycles. The van der Waals surface area contributed by atoms with E-state index < -0.39 is 0 Å². The van der Waals surface area contributed by atoms with Crippen molar-refractivity contribution in [3.8, 4) is 0 Å². The molecule has 9 heavy (non-hydrogen) atoms. The first-order valence-corrected chi connectivity index (χ1v) is 3.24. The summed E-state index contributed by atoms with van der Waals surface area (Å²) in [6.45, 7) is 6.43. The largest absolute Gasteiger partial charge is 0.367 e. The van der Waals surface area contributed by atoms with Crippen molar-refractivity contribution in [2.24, 2.45) is 11.1 Å². The highest BCUT2D eigenvalue weighted by Crippen LogP contribution is 2.19. The van der Waals surface area contributed by atoms with Gasteiger partial charge >= 0.3 is 0 Å². The molecule has 2 N–H and O–H groups in total. The Hall–Kier alpha value is -0.0800. The zero-order valence-electron chi connectivity index (χ0n) is 6.77. The van der Waals surface area contributed by atoms with E-state index in [0.29, 0.717) is 0 Å². The maximum absolute atomic E-state index is 5.54. The summed E-state index contributed by atoms with van der Waals surface area (Å²) >= 11 is 0. The Balaban J connectivity index is 3.47. The summed E-state index contributed by atoms with van der Waals surface area (Å²) in [5.74, 6) is 0. The van der Waals surface area contributed by atoms with E-state index >= 15 is 0 Å². The molecule has 56 valence electrons. The van der Waals surface area contributed by atoms with E-state index in [-0.39, 0.29) is 11.6 Å². The first-order valence-electron chi connectivity index (χ1n) is 3.24. The van der Waals surface area contributed by atoms with E-state index in [4.69, 9.17) is 10.5 Å². The molecule has 2 heteroatoms. The van der Waals surface area contributed by atoms with Gasteiger partial charge in [0.25, 0.3) is 0 Å². The minimum atomic E-state index is -0.106. The van der Waals surface area contributed by atoms with Crippen LogP contribution in [0.3, 0.4) is 0 Å². The molecule has 0 spiro atoms.